The van der Waals surface area contributed by atoms with Crippen molar-refractivity contribution in [2.75, 3.05) is 13.1 Å². The van der Waals surface area contributed by atoms with Crippen molar-refractivity contribution in [3.8, 4) is 18.1 Å². The molecular formula is C12H19N3O. The van der Waals surface area contributed by atoms with Crippen LogP contribution in [0, 0.1) is 12.3 Å². The van der Waals surface area contributed by atoms with Crippen LogP contribution in [-0.2, 0) is 6.54 Å². The first-order valence-corrected chi connectivity index (χ1v) is 5.59. The van der Waals surface area contributed by atoms with Gasteiger partial charge in [-0.2, -0.15) is 5.10 Å². The largest absolute Gasteiger partial charge is 0.486 e. The van der Waals surface area contributed by atoms with E-state index in [0.29, 0.717) is 6.54 Å². The van der Waals surface area contributed by atoms with Crippen molar-refractivity contribution in [1.29, 1.82) is 0 Å². The van der Waals surface area contributed by atoms with Gasteiger partial charge in [-0.05, 0) is 13.3 Å². The fourth-order valence-corrected chi connectivity index (χ4v) is 1.38. The van der Waals surface area contributed by atoms with Gasteiger partial charge in [-0.25, -0.2) is 0 Å². The van der Waals surface area contributed by atoms with Gasteiger partial charge < -0.3 is 10.1 Å². The summed E-state index contributed by atoms with van der Waals surface area (Å²) in [6, 6.07) is 0. The third-order valence-electron chi connectivity index (χ3n) is 2.06. The van der Waals surface area contributed by atoms with Crippen LogP contribution in [0.1, 0.15) is 20.3 Å². The molecule has 0 amide bonds. The highest BCUT2D eigenvalue weighted by molar-refractivity contribution is 5.12. The Morgan fingerprint density at radius 2 is 2.50 bits per heavy atom. The van der Waals surface area contributed by atoms with E-state index in [1.807, 2.05) is 17.8 Å². The molecule has 4 heteroatoms. The average molecular weight is 221 g/mol. The number of aryl methyl sites for hydroxylation is 1. The molecular weight excluding hydrogens is 202 g/mol. The molecule has 88 valence electrons. The Balaban J connectivity index is 2.32. The molecule has 1 N–H and O–H groups in total. The minimum atomic E-state index is 0.0904. The zero-order valence-corrected chi connectivity index (χ0v) is 9.94. The van der Waals surface area contributed by atoms with Crippen molar-refractivity contribution in [2.45, 2.75) is 32.9 Å². The SMILES string of the molecule is C#CCNCC(C)Oc1cnn(CCC)c1. The minimum Gasteiger partial charge on any atom is -0.486 e. The Kier molecular flexibility index (Phi) is 5.44. The number of nitrogens with zero attached hydrogens (tertiary/aromatic N) is 2. The Labute approximate surface area is 97.0 Å². The third-order valence-corrected chi connectivity index (χ3v) is 2.06. The summed E-state index contributed by atoms with van der Waals surface area (Å²) in [6.45, 7) is 6.36. The summed E-state index contributed by atoms with van der Waals surface area (Å²) >= 11 is 0. The molecule has 0 saturated heterocycles. The third kappa shape index (κ3) is 4.37. The minimum absolute atomic E-state index is 0.0904. The van der Waals surface area contributed by atoms with Gasteiger partial charge in [0, 0.05) is 13.1 Å². The fourth-order valence-electron chi connectivity index (χ4n) is 1.38. The van der Waals surface area contributed by atoms with E-state index >= 15 is 0 Å². The highest BCUT2D eigenvalue weighted by atomic mass is 16.5. The predicted octanol–water partition coefficient (Wildman–Crippen LogP) is 1.28. The topological polar surface area (TPSA) is 39.1 Å². The first-order valence-electron chi connectivity index (χ1n) is 5.59. The maximum absolute atomic E-state index is 5.67. The Hall–Kier alpha value is -1.47. The predicted molar refractivity (Wildman–Crippen MR) is 64.3 cm³/mol. The summed E-state index contributed by atoms with van der Waals surface area (Å²) in [6.07, 6.45) is 9.96. The van der Waals surface area contributed by atoms with Crippen molar-refractivity contribution < 1.29 is 4.74 Å². The van der Waals surface area contributed by atoms with E-state index < -0.39 is 0 Å². The standard InChI is InChI=1S/C12H19N3O/c1-4-6-13-8-11(3)16-12-9-14-15(10-12)7-5-2/h1,9-11,13H,5-8H2,2-3H3. The Morgan fingerprint density at radius 1 is 1.69 bits per heavy atom. The lowest BCUT2D eigenvalue weighted by molar-refractivity contribution is 0.219. The van der Waals surface area contributed by atoms with Crippen LogP contribution >= 0.6 is 0 Å². The van der Waals surface area contributed by atoms with E-state index in [2.05, 4.69) is 23.3 Å². The molecule has 1 aromatic heterocycles. The summed E-state index contributed by atoms with van der Waals surface area (Å²) < 4.78 is 7.56. The van der Waals surface area contributed by atoms with Crippen LogP contribution < -0.4 is 10.1 Å². The average Bonchev–Trinajstić information content (AvgIpc) is 2.66. The molecule has 0 aromatic carbocycles. The van der Waals surface area contributed by atoms with Gasteiger partial charge in [0.25, 0.3) is 0 Å². The van der Waals surface area contributed by atoms with Crippen molar-refractivity contribution in [3.05, 3.63) is 12.4 Å². The molecule has 16 heavy (non-hydrogen) atoms. The number of hydrogen-bond acceptors (Lipinski definition) is 3. The summed E-state index contributed by atoms with van der Waals surface area (Å²) in [5, 5.41) is 7.29. The summed E-state index contributed by atoms with van der Waals surface area (Å²) in [5.41, 5.74) is 0. The van der Waals surface area contributed by atoms with Gasteiger partial charge in [0.05, 0.1) is 18.9 Å². The van der Waals surface area contributed by atoms with E-state index in [1.165, 1.54) is 0 Å². The molecule has 4 nitrogen and oxygen atoms in total. The number of aromatic nitrogens is 2. The molecule has 0 aliphatic heterocycles. The quantitative estimate of drug-likeness (QED) is 0.557. The van der Waals surface area contributed by atoms with E-state index in [9.17, 15) is 0 Å². The van der Waals surface area contributed by atoms with Crippen LogP contribution in [0.2, 0.25) is 0 Å². The number of terminal acetylenes is 1. The monoisotopic (exact) mass is 221 g/mol. The number of rotatable bonds is 7. The Morgan fingerprint density at radius 3 is 3.19 bits per heavy atom. The molecule has 0 saturated carbocycles. The highest BCUT2D eigenvalue weighted by Gasteiger charge is 2.05. The molecule has 0 fully saturated rings. The van der Waals surface area contributed by atoms with Crippen LogP contribution in [0.5, 0.6) is 5.75 Å². The smallest absolute Gasteiger partial charge is 0.157 e. The highest BCUT2D eigenvalue weighted by Crippen LogP contribution is 2.10. The maximum atomic E-state index is 5.67. The van der Waals surface area contributed by atoms with Crippen molar-refractivity contribution in [1.82, 2.24) is 15.1 Å². The van der Waals surface area contributed by atoms with Gasteiger partial charge in [0.2, 0.25) is 0 Å². The van der Waals surface area contributed by atoms with Crippen molar-refractivity contribution in [2.24, 2.45) is 0 Å². The van der Waals surface area contributed by atoms with E-state index in [1.54, 1.807) is 6.20 Å². The molecule has 1 aromatic rings. The van der Waals surface area contributed by atoms with Gasteiger partial charge >= 0.3 is 0 Å². The summed E-state index contributed by atoms with van der Waals surface area (Å²) in [5.74, 6) is 3.33. The van der Waals surface area contributed by atoms with Gasteiger partial charge in [0.1, 0.15) is 6.10 Å². The molecule has 0 aliphatic rings. The van der Waals surface area contributed by atoms with Gasteiger partial charge in [-0.1, -0.05) is 12.8 Å². The Bertz CT molecular complexity index is 340. The zero-order valence-electron chi connectivity index (χ0n) is 9.94. The van der Waals surface area contributed by atoms with Crippen LogP contribution in [0.3, 0.4) is 0 Å². The molecule has 1 atom stereocenters. The normalized spacial score (nSPS) is 12.1. The van der Waals surface area contributed by atoms with Crippen LogP contribution in [0.25, 0.3) is 0 Å². The first kappa shape index (κ1) is 12.6. The van der Waals surface area contributed by atoms with Crippen molar-refractivity contribution in [3.63, 3.8) is 0 Å². The number of nitrogens with one attached hydrogen (secondary N) is 1. The first-order chi connectivity index (χ1) is 7.76. The van der Waals surface area contributed by atoms with Crippen molar-refractivity contribution >= 4 is 0 Å². The molecule has 0 aliphatic carbocycles. The molecule has 0 radical (unpaired) electrons. The van der Waals surface area contributed by atoms with Gasteiger partial charge in [0.15, 0.2) is 5.75 Å². The van der Waals surface area contributed by atoms with Crippen LogP contribution in [0.4, 0.5) is 0 Å². The van der Waals surface area contributed by atoms with E-state index in [0.717, 1.165) is 25.3 Å². The second-order valence-corrected chi connectivity index (χ2v) is 3.70. The molecule has 1 unspecified atom stereocenters. The second kappa shape index (κ2) is 6.91. The lowest BCUT2D eigenvalue weighted by Crippen LogP contribution is -2.29. The van der Waals surface area contributed by atoms with Crippen LogP contribution in [-0.4, -0.2) is 29.0 Å². The molecule has 0 bridgehead atoms. The molecule has 1 rings (SSSR count). The maximum Gasteiger partial charge on any atom is 0.157 e. The molecule has 0 spiro atoms. The van der Waals surface area contributed by atoms with E-state index in [4.69, 9.17) is 11.2 Å². The van der Waals surface area contributed by atoms with Gasteiger partial charge in [-0.15, -0.1) is 6.42 Å². The zero-order chi connectivity index (χ0) is 11.8. The van der Waals surface area contributed by atoms with Gasteiger partial charge in [-0.3, -0.25) is 4.68 Å². The summed E-state index contributed by atoms with van der Waals surface area (Å²) in [7, 11) is 0. The number of hydrogen-bond donors (Lipinski definition) is 1. The van der Waals surface area contributed by atoms with Crippen LogP contribution in [0.15, 0.2) is 12.4 Å². The lowest BCUT2D eigenvalue weighted by atomic mass is 10.4. The second-order valence-electron chi connectivity index (χ2n) is 3.70. The fraction of sp³-hybridized carbons (Fsp3) is 0.583. The summed E-state index contributed by atoms with van der Waals surface area (Å²) in [4.78, 5) is 0. The van der Waals surface area contributed by atoms with E-state index in [-0.39, 0.29) is 6.10 Å². The lowest BCUT2D eigenvalue weighted by Gasteiger charge is -2.12. The number of ether oxygens (including phenoxy) is 1. The molecule has 1 heterocycles.